The molecule has 0 N–H and O–H groups in total. The Morgan fingerprint density at radius 2 is 1.19 bits per heavy atom. The first-order valence-electron chi connectivity index (χ1n) is 9.67. The smallest absolute Gasteiger partial charge is 0.00783 e. The van der Waals surface area contributed by atoms with Crippen molar-refractivity contribution in [2.75, 3.05) is 0 Å². The molecule has 0 spiro atoms. The Kier molecular flexibility index (Phi) is 12.2. The molecule has 3 aromatic rings. The van der Waals surface area contributed by atoms with Crippen LogP contribution in [0.25, 0.3) is 10.8 Å². The van der Waals surface area contributed by atoms with Gasteiger partial charge in [-0.2, -0.15) is 0 Å². The molecule has 0 aliphatic carbocycles. The zero-order valence-corrected chi connectivity index (χ0v) is 19.1. The van der Waals surface area contributed by atoms with Crippen molar-refractivity contribution in [2.45, 2.75) is 59.8 Å². The standard InChI is InChI=1S/C14H16S.C8H10.C2H6.C2H4/c1-4-12-10(3)14(15)8-11-7-9(2)5-6-13(11)12;1-7-3-5-8(2)6-4-7;2*1-2/h5-8,15H,4H2,1-3H3;3-6H,1-2H3;1-2H3;1-2H2. The van der Waals surface area contributed by atoms with Crippen molar-refractivity contribution in [1.29, 1.82) is 0 Å². The van der Waals surface area contributed by atoms with Gasteiger partial charge in [0, 0.05) is 4.90 Å². The second-order valence-corrected chi connectivity index (χ2v) is 6.71. The van der Waals surface area contributed by atoms with E-state index in [4.69, 9.17) is 0 Å². The van der Waals surface area contributed by atoms with E-state index in [1.165, 1.54) is 38.6 Å². The molecular weight excluding hydrogens is 344 g/mol. The molecule has 0 fully saturated rings. The molecule has 0 saturated heterocycles. The summed E-state index contributed by atoms with van der Waals surface area (Å²) >= 11 is 4.53. The Balaban J connectivity index is 0.000000477. The second-order valence-electron chi connectivity index (χ2n) is 6.23. The summed E-state index contributed by atoms with van der Waals surface area (Å²) in [7, 11) is 0. The zero-order valence-electron chi connectivity index (χ0n) is 18.2. The minimum Gasteiger partial charge on any atom is -0.143 e. The third-order valence-electron chi connectivity index (χ3n) is 4.23. The molecule has 0 heterocycles. The van der Waals surface area contributed by atoms with E-state index in [0.717, 1.165) is 11.3 Å². The molecule has 0 aliphatic rings. The molecule has 0 unspecified atom stereocenters. The van der Waals surface area contributed by atoms with Gasteiger partial charge >= 0.3 is 0 Å². The quantitative estimate of drug-likeness (QED) is 0.318. The normalized spacial score (nSPS) is 9.19. The van der Waals surface area contributed by atoms with Crippen LogP contribution in [0.5, 0.6) is 0 Å². The molecule has 146 valence electrons. The van der Waals surface area contributed by atoms with Gasteiger partial charge in [0.25, 0.3) is 0 Å². The van der Waals surface area contributed by atoms with Crippen molar-refractivity contribution >= 4 is 23.4 Å². The summed E-state index contributed by atoms with van der Waals surface area (Å²) < 4.78 is 0. The van der Waals surface area contributed by atoms with Crippen molar-refractivity contribution < 1.29 is 0 Å². The van der Waals surface area contributed by atoms with Crippen molar-refractivity contribution in [3.8, 4) is 0 Å². The molecule has 0 aromatic heterocycles. The Bertz CT molecular complexity index is 793. The number of hydrogen-bond donors (Lipinski definition) is 1. The van der Waals surface area contributed by atoms with Crippen LogP contribution >= 0.6 is 12.6 Å². The molecule has 0 nitrogen and oxygen atoms in total. The molecule has 1 heteroatoms. The highest BCUT2D eigenvalue weighted by Crippen LogP contribution is 2.28. The average Bonchev–Trinajstić information content (AvgIpc) is 2.69. The molecule has 0 atom stereocenters. The summed E-state index contributed by atoms with van der Waals surface area (Å²) in [5, 5.41) is 2.68. The third-order valence-corrected chi connectivity index (χ3v) is 4.70. The third kappa shape index (κ3) is 7.64. The van der Waals surface area contributed by atoms with Crippen LogP contribution in [0.1, 0.15) is 48.6 Å². The van der Waals surface area contributed by atoms with Crippen LogP contribution in [-0.4, -0.2) is 0 Å². The summed E-state index contributed by atoms with van der Waals surface area (Å²) in [6, 6.07) is 17.3. The highest BCUT2D eigenvalue weighted by Gasteiger charge is 2.06. The van der Waals surface area contributed by atoms with Gasteiger partial charge in [-0.3, -0.25) is 0 Å². The topological polar surface area (TPSA) is 0 Å². The van der Waals surface area contributed by atoms with Gasteiger partial charge in [-0.1, -0.05) is 79.9 Å². The lowest BCUT2D eigenvalue weighted by Gasteiger charge is -2.11. The van der Waals surface area contributed by atoms with Gasteiger partial charge in [-0.15, -0.1) is 25.8 Å². The average molecular weight is 381 g/mol. The Morgan fingerprint density at radius 1 is 0.741 bits per heavy atom. The largest absolute Gasteiger partial charge is 0.143 e. The van der Waals surface area contributed by atoms with Crippen LogP contribution in [0.15, 0.2) is 66.6 Å². The molecule has 0 bridgehead atoms. The van der Waals surface area contributed by atoms with Gasteiger partial charge in [-0.25, -0.2) is 0 Å². The maximum atomic E-state index is 4.53. The minimum absolute atomic E-state index is 1.07. The van der Waals surface area contributed by atoms with Crippen molar-refractivity contribution in [3.05, 3.63) is 89.5 Å². The first-order chi connectivity index (χ1) is 12.9. The van der Waals surface area contributed by atoms with Crippen LogP contribution in [0.2, 0.25) is 0 Å². The van der Waals surface area contributed by atoms with Gasteiger partial charge in [0.05, 0.1) is 0 Å². The van der Waals surface area contributed by atoms with Crippen LogP contribution in [0.4, 0.5) is 0 Å². The minimum atomic E-state index is 1.07. The van der Waals surface area contributed by atoms with E-state index >= 15 is 0 Å². The Labute approximate surface area is 172 Å². The van der Waals surface area contributed by atoms with Crippen LogP contribution in [-0.2, 0) is 6.42 Å². The molecule has 3 aromatic carbocycles. The van der Waals surface area contributed by atoms with E-state index in [0.29, 0.717) is 0 Å². The molecule has 27 heavy (non-hydrogen) atoms. The number of aryl methyl sites for hydroxylation is 4. The lowest BCUT2D eigenvalue weighted by Crippen LogP contribution is -1.91. The van der Waals surface area contributed by atoms with E-state index in [-0.39, 0.29) is 0 Å². The Morgan fingerprint density at radius 3 is 1.63 bits per heavy atom. The predicted octanol–water partition coefficient (Wildman–Crippen LogP) is 8.44. The van der Waals surface area contributed by atoms with Crippen LogP contribution in [0.3, 0.4) is 0 Å². The van der Waals surface area contributed by atoms with Crippen molar-refractivity contribution in [2.24, 2.45) is 0 Å². The lowest BCUT2D eigenvalue weighted by molar-refractivity contribution is 1.10. The van der Waals surface area contributed by atoms with E-state index in [9.17, 15) is 0 Å². The van der Waals surface area contributed by atoms with E-state index in [2.05, 4.69) is 109 Å². The molecule has 0 amide bonds. The molecule has 0 radical (unpaired) electrons. The van der Waals surface area contributed by atoms with Gasteiger partial charge in [-0.05, 0) is 62.1 Å². The maximum Gasteiger partial charge on any atom is 0.00783 e. The molecular formula is C26H36S. The predicted molar refractivity (Wildman–Crippen MR) is 129 cm³/mol. The van der Waals surface area contributed by atoms with Crippen molar-refractivity contribution in [3.63, 3.8) is 0 Å². The summed E-state index contributed by atoms with van der Waals surface area (Å²) in [6.45, 7) is 20.7. The summed E-state index contributed by atoms with van der Waals surface area (Å²) in [4.78, 5) is 1.10. The number of fused-ring (bicyclic) bond motifs is 1. The first kappa shape index (κ1) is 25.0. The molecule has 0 aliphatic heterocycles. The van der Waals surface area contributed by atoms with E-state index < -0.39 is 0 Å². The highest BCUT2D eigenvalue weighted by atomic mass is 32.1. The lowest BCUT2D eigenvalue weighted by atomic mass is 9.97. The fourth-order valence-electron chi connectivity index (χ4n) is 2.78. The van der Waals surface area contributed by atoms with Crippen LogP contribution in [0, 0.1) is 27.7 Å². The van der Waals surface area contributed by atoms with Gasteiger partial charge in [0.15, 0.2) is 0 Å². The van der Waals surface area contributed by atoms with Crippen molar-refractivity contribution in [1.82, 2.24) is 0 Å². The van der Waals surface area contributed by atoms with Gasteiger partial charge < -0.3 is 0 Å². The number of benzene rings is 3. The number of hydrogen-bond acceptors (Lipinski definition) is 1. The fraction of sp³-hybridized carbons (Fsp3) is 0.308. The Hall–Kier alpha value is -1.99. The first-order valence-corrected chi connectivity index (χ1v) is 10.1. The second kappa shape index (κ2) is 13.2. The van der Waals surface area contributed by atoms with Gasteiger partial charge in [0.2, 0.25) is 0 Å². The van der Waals surface area contributed by atoms with E-state index in [1.54, 1.807) is 0 Å². The number of thiol groups is 1. The highest BCUT2D eigenvalue weighted by molar-refractivity contribution is 7.80. The maximum absolute atomic E-state index is 4.53. The summed E-state index contributed by atoms with van der Waals surface area (Å²) in [6.07, 6.45) is 1.07. The molecule has 0 saturated carbocycles. The molecule has 3 rings (SSSR count). The summed E-state index contributed by atoms with van der Waals surface area (Å²) in [5.41, 5.74) is 6.71. The van der Waals surface area contributed by atoms with Gasteiger partial charge in [0.1, 0.15) is 0 Å². The number of rotatable bonds is 1. The summed E-state index contributed by atoms with van der Waals surface area (Å²) in [5.74, 6) is 0. The van der Waals surface area contributed by atoms with Crippen LogP contribution < -0.4 is 0 Å². The van der Waals surface area contributed by atoms with E-state index in [1.807, 2.05) is 13.8 Å². The monoisotopic (exact) mass is 380 g/mol. The zero-order chi connectivity index (χ0) is 21.0. The SMILES string of the molecule is C=C.CC.CCc1c(C)c(S)cc2cc(C)ccc12.Cc1ccc(C)cc1. The fourth-order valence-corrected chi connectivity index (χ4v) is 3.06.